The largest absolute Gasteiger partial charge is 0.491 e. The Kier molecular flexibility index (Phi) is 8.04. The number of β-amino-alcohol motifs (C(OH)–C–C–N with tert-alkyl or cyclic N) is 1. The molecule has 8 nitrogen and oxygen atoms in total. The van der Waals surface area contributed by atoms with Crippen LogP contribution in [0.4, 0.5) is 0 Å². The van der Waals surface area contributed by atoms with Gasteiger partial charge in [0.2, 0.25) is 5.89 Å². The molecule has 0 bridgehead atoms. The monoisotopic (exact) mass is 578 g/mol. The molecule has 1 saturated heterocycles. The third-order valence-electron chi connectivity index (χ3n) is 6.91. The Hall–Kier alpha value is -3.40. The minimum absolute atomic E-state index is 0.191. The number of oxazole rings is 1. The molecule has 0 aliphatic carbocycles. The van der Waals surface area contributed by atoms with Crippen LogP contribution < -0.4 is 4.74 Å². The zero-order valence-corrected chi connectivity index (χ0v) is 23.2. The number of hydrogen-bond donors (Lipinski definition) is 1. The molecule has 1 fully saturated rings. The van der Waals surface area contributed by atoms with Crippen LogP contribution in [0.2, 0.25) is 10.0 Å². The molecule has 1 aliphatic rings. The molecule has 1 N–H and O–H groups in total. The first-order valence-electron chi connectivity index (χ1n) is 13.1. The van der Waals surface area contributed by atoms with Gasteiger partial charge in [0.25, 0.3) is 0 Å². The highest BCUT2D eigenvalue weighted by atomic mass is 35.5. The molecule has 1 aliphatic heterocycles. The SMILES string of the molecule is OC(COc1ccc2oc(-c3ccc(Cl)cc3)nc2c1)CN1CCN(Cc2cc(-c3ccccc3Cl)no2)CC1. The van der Waals surface area contributed by atoms with Crippen LogP contribution in [0, 0.1) is 0 Å². The number of aliphatic hydroxyl groups is 1. The summed E-state index contributed by atoms with van der Waals surface area (Å²) in [5.41, 5.74) is 3.82. The smallest absolute Gasteiger partial charge is 0.227 e. The quantitative estimate of drug-likeness (QED) is 0.227. The van der Waals surface area contributed by atoms with E-state index in [0.29, 0.717) is 45.9 Å². The summed E-state index contributed by atoms with van der Waals surface area (Å²) in [5.74, 6) is 1.96. The fourth-order valence-corrected chi connectivity index (χ4v) is 5.15. The van der Waals surface area contributed by atoms with Crippen LogP contribution in [0.1, 0.15) is 5.76 Å². The van der Waals surface area contributed by atoms with Gasteiger partial charge >= 0.3 is 0 Å². The number of ether oxygens (including phenoxy) is 1. The molecule has 1 atom stereocenters. The molecule has 3 heterocycles. The maximum Gasteiger partial charge on any atom is 0.227 e. The number of benzene rings is 3. The van der Waals surface area contributed by atoms with E-state index in [4.69, 9.17) is 36.9 Å². The van der Waals surface area contributed by atoms with Gasteiger partial charge in [-0.2, -0.15) is 0 Å². The van der Waals surface area contributed by atoms with Crippen LogP contribution in [0.15, 0.2) is 81.7 Å². The summed E-state index contributed by atoms with van der Waals surface area (Å²) in [4.78, 5) is 9.14. The number of nitrogens with zero attached hydrogens (tertiary/aromatic N) is 4. The lowest BCUT2D eigenvalue weighted by Gasteiger charge is -2.35. The van der Waals surface area contributed by atoms with Crippen molar-refractivity contribution in [2.45, 2.75) is 12.6 Å². The fraction of sp³-hybridized carbons (Fsp3) is 0.267. The van der Waals surface area contributed by atoms with Crippen LogP contribution in [-0.2, 0) is 6.54 Å². The van der Waals surface area contributed by atoms with Gasteiger partial charge in [0, 0.05) is 61.0 Å². The number of halogens is 2. The van der Waals surface area contributed by atoms with Gasteiger partial charge in [0.15, 0.2) is 11.3 Å². The van der Waals surface area contributed by atoms with Gasteiger partial charge in [-0.3, -0.25) is 9.80 Å². The minimum atomic E-state index is -0.614. The van der Waals surface area contributed by atoms with E-state index in [9.17, 15) is 5.11 Å². The number of hydrogen-bond acceptors (Lipinski definition) is 8. The van der Waals surface area contributed by atoms with Gasteiger partial charge in [-0.25, -0.2) is 4.98 Å². The molecule has 0 saturated carbocycles. The molecular weight excluding hydrogens is 551 g/mol. The molecule has 6 rings (SSSR count). The summed E-state index contributed by atoms with van der Waals surface area (Å²) in [6.45, 7) is 4.85. The topological polar surface area (TPSA) is 88.0 Å². The minimum Gasteiger partial charge on any atom is -0.491 e. The number of rotatable bonds is 9. The maximum absolute atomic E-state index is 10.6. The average molecular weight is 579 g/mol. The summed E-state index contributed by atoms with van der Waals surface area (Å²) in [7, 11) is 0. The van der Waals surface area contributed by atoms with Crippen molar-refractivity contribution in [2.24, 2.45) is 0 Å². The summed E-state index contributed by atoms with van der Waals surface area (Å²) in [5, 5.41) is 16.1. The second-order valence-electron chi connectivity index (χ2n) is 9.86. The van der Waals surface area contributed by atoms with Crippen LogP contribution in [0.25, 0.3) is 33.8 Å². The Morgan fingerprint density at radius 3 is 2.50 bits per heavy atom. The molecule has 206 valence electrons. The summed E-state index contributed by atoms with van der Waals surface area (Å²) >= 11 is 12.3. The molecule has 0 spiro atoms. The van der Waals surface area contributed by atoms with E-state index in [1.807, 2.05) is 60.7 Å². The molecule has 0 amide bonds. The molecule has 2 aromatic heterocycles. The van der Waals surface area contributed by atoms with Crippen molar-refractivity contribution in [3.63, 3.8) is 0 Å². The van der Waals surface area contributed by atoms with Gasteiger partial charge in [-0.15, -0.1) is 0 Å². The van der Waals surface area contributed by atoms with E-state index in [1.54, 1.807) is 12.1 Å². The van der Waals surface area contributed by atoms with Crippen LogP contribution in [0.3, 0.4) is 0 Å². The third-order valence-corrected chi connectivity index (χ3v) is 7.50. The summed E-state index contributed by atoms with van der Waals surface area (Å²) < 4.78 is 17.3. The van der Waals surface area contributed by atoms with Crippen LogP contribution in [-0.4, -0.2) is 70.5 Å². The Balaban J connectivity index is 0.963. The standard InChI is InChI=1S/C30H28Cl2N4O4/c31-21-7-5-20(6-8-21)30-33-28-15-23(9-10-29(28)39-30)38-19-22(37)17-35-11-13-36(14-12-35)18-24-16-27(34-40-24)25-3-1-2-4-26(25)32/h1-10,15-16,22,37H,11-14,17-19H2. The van der Waals surface area contributed by atoms with Gasteiger partial charge in [-0.05, 0) is 42.5 Å². The molecular formula is C30H28Cl2N4O4. The van der Waals surface area contributed by atoms with Crippen molar-refractivity contribution in [1.29, 1.82) is 0 Å². The Labute approximate surface area is 241 Å². The predicted octanol–water partition coefficient (Wildman–Crippen LogP) is 6.01. The van der Waals surface area contributed by atoms with Crippen molar-refractivity contribution in [3.05, 3.63) is 88.6 Å². The molecule has 5 aromatic rings. The van der Waals surface area contributed by atoms with Gasteiger partial charge in [0.05, 0.1) is 11.6 Å². The number of fused-ring (bicyclic) bond motifs is 1. The van der Waals surface area contributed by atoms with E-state index in [1.165, 1.54) is 0 Å². The Morgan fingerprint density at radius 1 is 0.925 bits per heavy atom. The first kappa shape index (κ1) is 26.8. The van der Waals surface area contributed by atoms with Crippen molar-refractivity contribution >= 4 is 34.3 Å². The highest BCUT2D eigenvalue weighted by Gasteiger charge is 2.21. The zero-order chi connectivity index (χ0) is 27.5. The highest BCUT2D eigenvalue weighted by Crippen LogP contribution is 2.29. The Bertz CT molecular complexity index is 1580. The molecule has 10 heteroatoms. The molecule has 3 aromatic carbocycles. The predicted molar refractivity (Wildman–Crippen MR) is 155 cm³/mol. The van der Waals surface area contributed by atoms with Crippen LogP contribution >= 0.6 is 23.2 Å². The van der Waals surface area contributed by atoms with E-state index >= 15 is 0 Å². The summed E-state index contributed by atoms with van der Waals surface area (Å²) in [6.07, 6.45) is -0.614. The van der Waals surface area contributed by atoms with Crippen molar-refractivity contribution in [2.75, 3.05) is 39.3 Å². The fourth-order valence-electron chi connectivity index (χ4n) is 4.79. The number of aromatic nitrogens is 2. The lowest BCUT2D eigenvalue weighted by Crippen LogP contribution is -2.48. The first-order chi connectivity index (χ1) is 19.5. The highest BCUT2D eigenvalue weighted by molar-refractivity contribution is 6.33. The molecule has 0 radical (unpaired) electrons. The van der Waals surface area contributed by atoms with E-state index in [2.05, 4.69) is 19.9 Å². The number of aliphatic hydroxyl groups excluding tert-OH is 1. The third kappa shape index (κ3) is 6.32. The van der Waals surface area contributed by atoms with Crippen molar-refractivity contribution in [3.8, 4) is 28.5 Å². The normalized spacial score (nSPS) is 15.5. The first-order valence-corrected chi connectivity index (χ1v) is 13.9. The second-order valence-corrected chi connectivity index (χ2v) is 10.7. The zero-order valence-electron chi connectivity index (χ0n) is 21.7. The van der Waals surface area contributed by atoms with Crippen LogP contribution in [0.5, 0.6) is 5.75 Å². The van der Waals surface area contributed by atoms with Crippen molar-refractivity contribution in [1.82, 2.24) is 19.9 Å². The van der Waals surface area contributed by atoms with E-state index in [-0.39, 0.29) is 6.61 Å². The van der Waals surface area contributed by atoms with Gasteiger partial charge in [0.1, 0.15) is 29.7 Å². The number of piperazine rings is 1. The Morgan fingerprint density at radius 2 is 1.70 bits per heavy atom. The maximum atomic E-state index is 10.6. The summed E-state index contributed by atoms with van der Waals surface area (Å²) in [6, 6.07) is 22.4. The van der Waals surface area contributed by atoms with Gasteiger partial charge in [-0.1, -0.05) is 46.6 Å². The van der Waals surface area contributed by atoms with E-state index in [0.717, 1.165) is 48.8 Å². The second kappa shape index (κ2) is 12.0. The molecule has 40 heavy (non-hydrogen) atoms. The van der Waals surface area contributed by atoms with Gasteiger partial charge < -0.3 is 18.8 Å². The van der Waals surface area contributed by atoms with Crippen molar-refractivity contribution < 1.29 is 18.8 Å². The average Bonchev–Trinajstić information content (AvgIpc) is 3.60. The molecule has 1 unspecified atom stereocenters. The van der Waals surface area contributed by atoms with E-state index < -0.39 is 6.10 Å². The lowest BCUT2D eigenvalue weighted by atomic mass is 10.1. The lowest BCUT2D eigenvalue weighted by molar-refractivity contribution is 0.0430.